The van der Waals surface area contributed by atoms with E-state index in [1.807, 2.05) is 25.1 Å². The summed E-state index contributed by atoms with van der Waals surface area (Å²) in [6, 6.07) is 5.83. The molecule has 1 heterocycles. The third-order valence-electron chi connectivity index (χ3n) is 2.55. The van der Waals surface area contributed by atoms with Crippen molar-refractivity contribution in [2.24, 2.45) is 0 Å². The fourth-order valence-corrected chi connectivity index (χ4v) is 2.03. The molecule has 0 aliphatic carbocycles. The molecule has 84 valence electrons. The van der Waals surface area contributed by atoms with Crippen LogP contribution in [0.5, 0.6) is 0 Å². The molecule has 0 saturated carbocycles. The lowest BCUT2D eigenvalue weighted by Crippen LogP contribution is -1.98. The molecule has 0 aliphatic heterocycles. The second-order valence-corrected chi connectivity index (χ2v) is 4.56. The van der Waals surface area contributed by atoms with Crippen molar-refractivity contribution in [3.63, 3.8) is 0 Å². The van der Waals surface area contributed by atoms with Crippen molar-refractivity contribution in [1.29, 1.82) is 0 Å². The molecule has 0 radical (unpaired) electrons. The van der Waals surface area contributed by atoms with Gasteiger partial charge in [0.15, 0.2) is 0 Å². The number of benzene rings is 1. The Morgan fingerprint density at radius 1 is 1.44 bits per heavy atom. The van der Waals surface area contributed by atoms with Crippen molar-refractivity contribution in [1.82, 2.24) is 4.98 Å². The van der Waals surface area contributed by atoms with Crippen molar-refractivity contribution in [3.05, 3.63) is 33.9 Å². The van der Waals surface area contributed by atoms with Gasteiger partial charge >= 0.3 is 0 Å². The maximum absolute atomic E-state index is 6.00. The average Bonchev–Trinajstić information content (AvgIpc) is 2.25. The number of fused-ring (bicyclic) bond motifs is 1. The number of halogens is 1. The number of nitrogen functional groups attached to an aromatic ring is 1. The third kappa shape index (κ3) is 1.90. The molecule has 2 N–H and O–H groups in total. The lowest BCUT2D eigenvalue weighted by Gasteiger charge is -2.09. The molecule has 4 heteroatoms. The van der Waals surface area contributed by atoms with Gasteiger partial charge in [-0.05, 0) is 30.7 Å². The number of pyridine rings is 1. The first-order valence-electron chi connectivity index (χ1n) is 4.96. The normalized spacial score (nSPS) is 10.9. The van der Waals surface area contributed by atoms with E-state index >= 15 is 0 Å². The molecule has 1 aromatic carbocycles. The number of hydrogen-bond donors (Lipinski definition) is 1. The van der Waals surface area contributed by atoms with E-state index in [0.29, 0.717) is 6.61 Å². The summed E-state index contributed by atoms with van der Waals surface area (Å²) in [4.78, 5) is 4.55. The average molecular weight is 281 g/mol. The molecule has 0 amide bonds. The van der Waals surface area contributed by atoms with E-state index in [1.54, 1.807) is 7.11 Å². The van der Waals surface area contributed by atoms with Crippen LogP contribution in [-0.2, 0) is 11.3 Å². The molecule has 3 nitrogen and oxygen atoms in total. The molecule has 0 aliphatic rings. The van der Waals surface area contributed by atoms with Crippen molar-refractivity contribution in [3.8, 4) is 0 Å². The number of ether oxygens (including phenoxy) is 1. The van der Waals surface area contributed by atoms with E-state index in [2.05, 4.69) is 20.9 Å². The summed E-state index contributed by atoms with van der Waals surface area (Å²) in [5.74, 6) is 0. The standard InChI is InChI=1S/C12H13BrN2O/c1-7-10(13)4-3-9-11(14)5-8(6-16-2)15-12(7)9/h3-5H,6H2,1-2H3,(H2,14,15). The first-order valence-corrected chi connectivity index (χ1v) is 5.76. The zero-order chi connectivity index (χ0) is 11.7. The zero-order valence-corrected chi connectivity index (χ0v) is 10.8. The molecule has 1 aromatic heterocycles. The van der Waals surface area contributed by atoms with Gasteiger partial charge in [0.05, 0.1) is 17.8 Å². The maximum Gasteiger partial charge on any atom is 0.0885 e. The number of nitrogens with zero attached hydrogens (tertiary/aromatic N) is 1. The first kappa shape index (κ1) is 11.4. The van der Waals surface area contributed by atoms with Gasteiger partial charge in [-0.3, -0.25) is 0 Å². The van der Waals surface area contributed by atoms with Crippen LogP contribution in [0.25, 0.3) is 10.9 Å². The summed E-state index contributed by atoms with van der Waals surface area (Å²) in [7, 11) is 1.65. The number of anilines is 1. The van der Waals surface area contributed by atoms with Crippen molar-refractivity contribution in [2.75, 3.05) is 12.8 Å². The highest BCUT2D eigenvalue weighted by Gasteiger charge is 2.07. The lowest BCUT2D eigenvalue weighted by atomic mass is 10.1. The highest BCUT2D eigenvalue weighted by molar-refractivity contribution is 9.10. The molecule has 0 spiro atoms. The highest BCUT2D eigenvalue weighted by Crippen LogP contribution is 2.28. The summed E-state index contributed by atoms with van der Waals surface area (Å²) in [5, 5.41) is 0.987. The summed E-state index contributed by atoms with van der Waals surface area (Å²) in [6.07, 6.45) is 0. The predicted molar refractivity (Wildman–Crippen MR) is 69.3 cm³/mol. The molecule has 2 aromatic rings. The van der Waals surface area contributed by atoms with Crippen molar-refractivity contribution < 1.29 is 4.74 Å². The number of nitrogens with two attached hydrogens (primary N) is 1. The molecule has 2 rings (SSSR count). The smallest absolute Gasteiger partial charge is 0.0885 e. The molecule has 0 fully saturated rings. The van der Waals surface area contributed by atoms with E-state index in [9.17, 15) is 0 Å². The van der Waals surface area contributed by atoms with E-state index in [4.69, 9.17) is 10.5 Å². The molecule has 0 atom stereocenters. The largest absolute Gasteiger partial charge is 0.398 e. The molecular formula is C12H13BrN2O. The minimum Gasteiger partial charge on any atom is -0.398 e. The van der Waals surface area contributed by atoms with Gasteiger partial charge in [0.25, 0.3) is 0 Å². The Hall–Kier alpha value is -1.13. The monoisotopic (exact) mass is 280 g/mol. The number of rotatable bonds is 2. The molecule has 0 unspecified atom stereocenters. The zero-order valence-electron chi connectivity index (χ0n) is 9.25. The number of aromatic nitrogens is 1. The lowest BCUT2D eigenvalue weighted by molar-refractivity contribution is 0.182. The van der Waals surface area contributed by atoms with Gasteiger partial charge in [-0.2, -0.15) is 0 Å². The van der Waals surface area contributed by atoms with Crippen LogP contribution in [0.2, 0.25) is 0 Å². The van der Waals surface area contributed by atoms with Crippen LogP contribution >= 0.6 is 15.9 Å². The molecule has 16 heavy (non-hydrogen) atoms. The minimum absolute atomic E-state index is 0.478. The summed E-state index contributed by atoms with van der Waals surface area (Å²) < 4.78 is 6.12. The number of hydrogen-bond acceptors (Lipinski definition) is 3. The second kappa shape index (κ2) is 4.39. The van der Waals surface area contributed by atoms with Crippen LogP contribution in [0.3, 0.4) is 0 Å². The van der Waals surface area contributed by atoms with Crippen molar-refractivity contribution in [2.45, 2.75) is 13.5 Å². The van der Waals surface area contributed by atoms with Gasteiger partial charge in [-0.25, -0.2) is 4.98 Å². The number of aryl methyl sites for hydroxylation is 1. The van der Waals surface area contributed by atoms with Crippen LogP contribution in [0.15, 0.2) is 22.7 Å². The van der Waals surface area contributed by atoms with Crippen LogP contribution in [0.4, 0.5) is 5.69 Å². The molecular weight excluding hydrogens is 268 g/mol. The van der Waals surface area contributed by atoms with Crippen molar-refractivity contribution >= 4 is 32.5 Å². The Labute approximate surface area is 103 Å². The Bertz CT molecular complexity index is 540. The van der Waals surface area contributed by atoms with Gasteiger partial charge in [0.1, 0.15) is 0 Å². The number of methoxy groups -OCH3 is 1. The third-order valence-corrected chi connectivity index (χ3v) is 3.40. The topological polar surface area (TPSA) is 48.1 Å². The van der Waals surface area contributed by atoms with Gasteiger partial charge in [-0.15, -0.1) is 0 Å². The summed E-state index contributed by atoms with van der Waals surface area (Å²) >= 11 is 3.49. The van der Waals surface area contributed by atoms with Crippen LogP contribution in [0, 0.1) is 6.92 Å². The van der Waals surface area contributed by atoms with Gasteiger partial charge in [-0.1, -0.05) is 15.9 Å². The van der Waals surface area contributed by atoms with Crippen LogP contribution in [-0.4, -0.2) is 12.1 Å². The summed E-state index contributed by atoms with van der Waals surface area (Å²) in [6.45, 7) is 2.50. The van der Waals surface area contributed by atoms with Crippen LogP contribution in [0.1, 0.15) is 11.3 Å². The molecule has 0 bridgehead atoms. The Kier molecular flexibility index (Phi) is 3.12. The first-order chi connectivity index (χ1) is 7.63. The molecule has 0 saturated heterocycles. The SMILES string of the molecule is COCc1cc(N)c2ccc(Br)c(C)c2n1. The second-order valence-electron chi connectivity index (χ2n) is 3.70. The fourth-order valence-electron chi connectivity index (χ4n) is 1.71. The van der Waals surface area contributed by atoms with E-state index in [1.165, 1.54) is 0 Å². The van der Waals surface area contributed by atoms with E-state index in [-0.39, 0.29) is 0 Å². The van der Waals surface area contributed by atoms with Gasteiger partial charge in [0, 0.05) is 22.7 Å². The Morgan fingerprint density at radius 3 is 2.88 bits per heavy atom. The predicted octanol–water partition coefficient (Wildman–Crippen LogP) is 3.03. The maximum atomic E-state index is 6.00. The fraction of sp³-hybridized carbons (Fsp3) is 0.250. The Balaban J connectivity index is 2.73. The summed E-state index contributed by atoms with van der Waals surface area (Å²) in [5.41, 5.74) is 9.62. The highest BCUT2D eigenvalue weighted by atomic mass is 79.9. The quantitative estimate of drug-likeness (QED) is 0.920. The van der Waals surface area contributed by atoms with Gasteiger partial charge in [0.2, 0.25) is 0 Å². The minimum atomic E-state index is 0.478. The van der Waals surface area contributed by atoms with Crippen LogP contribution < -0.4 is 5.73 Å². The van der Waals surface area contributed by atoms with E-state index in [0.717, 1.165) is 32.3 Å². The van der Waals surface area contributed by atoms with E-state index < -0.39 is 0 Å². The Morgan fingerprint density at radius 2 is 2.19 bits per heavy atom. The van der Waals surface area contributed by atoms with Gasteiger partial charge < -0.3 is 10.5 Å².